The molecular formula is C17H21ClN4O. The van der Waals surface area contributed by atoms with Crippen molar-refractivity contribution in [2.75, 3.05) is 26.2 Å². The number of halogens is 1. The third kappa shape index (κ3) is 3.92. The van der Waals surface area contributed by atoms with Gasteiger partial charge in [-0.2, -0.15) is 0 Å². The lowest BCUT2D eigenvalue weighted by Crippen LogP contribution is -2.48. The van der Waals surface area contributed by atoms with Gasteiger partial charge in [-0.1, -0.05) is 41.9 Å². The molecule has 1 aromatic heterocycles. The summed E-state index contributed by atoms with van der Waals surface area (Å²) < 4.78 is 1.90. The van der Waals surface area contributed by atoms with E-state index in [-0.39, 0.29) is 5.91 Å². The number of aromatic nitrogens is 2. The number of carbonyl (C=O) groups excluding carboxylic acids is 1. The van der Waals surface area contributed by atoms with Crippen molar-refractivity contribution in [3.63, 3.8) is 0 Å². The van der Waals surface area contributed by atoms with Crippen molar-refractivity contribution >= 4 is 17.5 Å². The van der Waals surface area contributed by atoms with Crippen molar-refractivity contribution in [2.24, 2.45) is 7.05 Å². The molecule has 0 unspecified atom stereocenters. The molecule has 1 amide bonds. The Balaban J connectivity index is 1.50. The number of hydrogen-bond donors (Lipinski definition) is 0. The highest BCUT2D eigenvalue weighted by atomic mass is 35.5. The van der Waals surface area contributed by atoms with Gasteiger partial charge in [-0.25, -0.2) is 4.98 Å². The van der Waals surface area contributed by atoms with Gasteiger partial charge in [-0.15, -0.1) is 0 Å². The summed E-state index contributed by atoms with van der Waals surface area (Å²) in [6.45, 7) is 4.04. The summed E-state index contributed by atoms with van der Waals surface area (Å²) in [5.41, 5.74) is 1.07. The van der Waals surface area contributed by atoms with E-state index in [1.807, 2.05) is 46.8 Å². The largest absolute Gasteiger partial charge is 0.340 e. The van der Waals surface area contributed by atoms with E-state index in [9.17, 15) is 4.79 Å². The van der Waals surface area contributed by atoms with Crippen molar-refractivity contribution in [1.29, 1.82) is 0 Å². The smallest absolute Gasteiger partial charge is 0.227 e. The minimum Gasteiger partial charge on any atom is -0.340 e. The first kappa shape index (κ1) is 16.0. The Kier molecular flexibility index (Phi) is 4.98. The van der Waals surface area contributed by atoms with Gasteiger partial charge in [0.1, 0.15) is 11.0 Å². The van der Waals surface area contributed by atoms with Crippen LogP contribution in [-0.4, -0.2) is 51.4 Å². The fourth-order valence-corrected chi connectivity index (χ4v) is 2.96. The molecule has 1 fully saturated rings. The van der Waals surface area contributed by atoms with E-state index in [1.54, 1.807) is 6.20 Å². The standard InChI is InChI=1S/C17H21ClN4O/c1-20-15(18)12-19-16(20)13-21-7-9-22(10-8-21)17(23)11-14-5-3-2-4-6-14/h2-6,12H,7-11,13H2,1H3. The number of nitrogens with zero attached hydrogens (tertiary/aromatic N) is 4. The van der Waals surface area contributed by atoms with Crippen LogP contribution in [0.25, 0.3) is 0 Å². The summed E-state index contributed by atoms with van der Waals surface area (Å²) in [6.07, 6.45) is 2.16. The maximum atomic E-state index is 12.4. The van der Waals surface area contributed by atoms with Crippen LogP contribution in [-0.2, 0) is 24.8 Å². The van der Waals surface area contributed by atoms with Crippen LogP contribution in [0.15, 0.2) is 36.5 Å². The normalized spacial score (nSPS) is 15.8. The van der Waals surface area contributed by atoms with Crippen LogP contribution in [0.2, 0.25) is 5.15 Å². The molecule has 0 atom stereocenters. The maximum absolute atomic E-state index is 12.4. The van der Waals surface area contributed by atoms with E-state index >= 15 is 0 Å². The molecule has 5 nitrogen and oxygen atoms in total. The highest BCUT2D eigenvalue weighted by molar-refractivity contribution is 6.29. The molecule has 2 aromatic rings. The van der Waals surface area contributed by atoms with Gasteiger partial charge in [0.05, 0.1) is 19.2 Å². The fraction of sp³-hybridized carbons (Fsp3) is 0.412. The maximum Gasteiger partial charge on any atom is 0.227 e. The molecule has 23 heavy (non-hydrogen) atoms. The summed E-state index contributed by atoms with van der Waals surface area (Å²) in [4.78, 5) is 21.0. The second kappa shape index (κ2) is 7.15. The van der Waals surface area contributed by atoms with E-state index < -0.39 is 0 Å². The summed E-state index contributed by atoms with van der Waals surface area (Å²) in [7, 11) is 1.92. The highest BCUT2D eigenvalue weighted by Crippen LogP contribution is 2.13. The molecule has 0 saturated carbocycles. The molecule has 122 valence electrons. The zero-order valence-electron chi connectivity index (χ0n) is 13.3. The van der Waals surface area contributed by atoms with E-state index in [1.165, 1.54) is 0 Å². The molecule has 0 aliphatic carbocycles. The number of imidazole rings is 1. The summed E-state index contributed by atoms with van der Waals surface area (Å²) in [6, 6.07) is 9.91. The second-order valence-corrected chi connectivity index (χ2v) is 6.26. The third-order valence-corrected chi connectivity index (χ3v) is 4.67. The topological polar surface area (TPSA) is 41.4 Å². The first-order chi connectivity index (χ1) is 11.1. The summed E-state index contributed by atoms with van der Waals surface area (Å²) >= 11 is 6.02. The average molecular weight is 333 g/mol. The van der Waals surface area contributed by atoms with Gasteiger partial charge in [0.15, 0.2) is 0 Å². The number of benzene rings is 1. The summed E-state index contributed by atoms with van der Waals surface area (Å²) in [5.74, 6) is 1.16. The van der Waals surface area contributed by atoms with Gasteiger partial charge in [-0.05, 0) is 5.56 Å². The van der Waals surface area contributed by atoms with Crippen LogP contribution in [0.5, 0.6) is 0 Å². The highest BCUT2D eigenvalue weighted by Gasteiger charge is 2.22. The van der Waals surface area contributed by atoms with Gasteiger partial charge in [0, 0.05) is 33.2 Å². The molecule has 1 aliphatic rings. The molecule has 0 bridgehead atoms. The third-order valence-electron chi connectivity index (χ3n) is 4.32. The van der Waals surface area contributed by atoms with Gasteiger partial charge in [0.25, 0.3) is 0 Å². The molecule has 0 spiro atoms. The molecule has 2 heterocycles. The fourth-order valence-electron chi connectivity index (χ4n) is 2.81. The monoisotopic (exact) mass is 332 g/mol. The molecule has 0 radical (unpaired) electrons. The Morgan fingerprint density at radius 1 is 1.17 bits per heavy atom. The lowest BCUT2D eigenvalue weighted by molar-refractivity contribution is -0.132. The van der Waals surface area contributed by atoms with Crippen molar-refractivity contribution in [3.05, 3.63) is 53.1 Å². The number of rotatable bonds is 4. The number of amides is 1. The SMILES string of the molecule is Cn1c(Cl)cnc1CN1CCN(C(=O)Cc2ccccc2)CC1. The molecule has 1 aliphatic heterocycles. The van der Waals surface area contributed by atoms with Crippen molar-refractivity contribution in [3.8, 4) is 0 Å². The van der Waals surface area contributed by atoms with Crippen LogP contribution in [0.1, 0.15) is 11.4 Å². The van der Waals surface area contributed by atoms with E-state index in [2.05, 4.69) is 9.88 Å². The van der Waals surface area contributed by atoms with Crippen LogP contribution in [0.4, 0.5) is 0 Å². The quantitative estimate of drug-likeness (QED) is 0.859. The summed E-state index contributed by atoms with van der Waals surface area (Å²) in [5, 5.41) is 0.650. The minimum atomic E-state index is 0.205. The van der Waals surface area contributed by atoms with Crippen LogP contribution < -0.4 is 0 Å². The first-order valence-corrected chi connectivity index (χ1v) is 8.21. The van der Waals surface area contributed by atoms with Crippen molar-refractivity contribution in [2.45, 2.75) is 13.0 Å². The van der Waals surface area contributed by atoms with Crippen LogP contribution >= 0.6 is 11.6 Å². The number of carbonyl (C=O) groups is 1. The zero-order valence-corrected chi connectivity index (χ0v) is 14.0. The Morgan fingerprint density at radius 3 is 2.48 bits per heavy atom. The van der Waals surface area contributed by atoms with E-state index in [0.717, 1.165) is 44.1 Å². The van der Waals surface area contributed by atoms with Gasteiger partial charge < -0.3 is 9.47 Å². The Hall–Kier alpha value is -1.85. The molecular weight excluding hydrogens is 312 g/mol. The number of piperazine rings is 1. The zero-order chi connectivity index (χ0) is 16.2. The second-order valence-electron chi connectivity index (χ2n) is 5.88. The van der Waals surface area contributed by atoms with E-state index in [0.29, 0.717) is 11.6 Å². The van der Waals surface area contributed by atoms with E-state index in [4.69, 9.17) is 11.6 Å². The van der Waals surface area contributed by atoms with Crippen LogP contribution in [0.3, 0.4) is 0 Å². The first-order valence-electron chi connectivity index (χ1n) is 7.83. The molecule has 0 N–H and O–H groups in total. The van der Waals surface area contributed by atoms with Gasteiger partial charge in [-0.3, -0.25) is 9.69 Å². The Morgan fingerprint density at radius 2 is 1.87 bits per heavy atom. The minimum absolute atomic E-state index is 0.205. The molecule has 1 aromatic carbocycles. The molecule has 6 heteroatoms. The predicted molar refractivity (Wildman–Crippen MR) is 90.2 cm³/mol. The lowest BCUT2D eigenvalue weighted by Gasteiger charge is -2.34. The van der Waals surface area contributed by atoms with Crippen molar-refractivity contribution in [1.82, 2.24) is 19.4 Å². The predicted octanol–water partition coefficient (Wildman–Crippen LogP) is 1.96. The van der Waals surface area contributed by atoms with Crippen LogP contribution in [0, 0.1) is 0 Å². The average Bonchev–Trinajstić information content (AvgIpc) is 2.88. The lowest BCUT2D eigenvalue weighted by atomic mass is 10.1. The van der Waals surface area contributed by atoms with Gasteiger partial charge in [0.2, 0.25) is 5.91 Å². The van der Waals surface area contributed by atoms with Crippen molar-refractivity contribution < 1.29 is 4.79 Å². The Labute approximate surface area is 141 Å². The molecule has 3 rings (SSSR count). The number of hydrogen-bond acceptors (Lipinski definition) is 3. The Bertz CT molecular complexity index is 662. The van der Waals surface area contributed by atoms with Gasteiger partial charge >= 0.3 is 0 Å². The molecule has 1 saturated heterocycles.